The van der Waals surface area contributed by atoms with Crippen LogP contribution in [0.2, 0.25) is 0 Å². The molecule has 1 saturated heterocycles. The number of hydrogen-bond donors (Lipinski definition) is 3. The molecule has 39 heavy (non-hydrogen) atoms. The summed E-state index contributed by atoms with van der Waals surface area (Å²) in [5.74, 6) is -0.589. The number of aryl methyl sites for hydroxylation is 1. The van der Waals surface area contributed by atoms with Gasteiger partial charge >= 0.3 is 0 Å². The molecule has 1 unspecified atom stereocenters. The number of primary amides is 1. The molecule has 1 aliphatic heterocycles. The maximum atomic E-state index is 12.8. The number of carbonyl (C=O) groups is 1. The maximum Gasteiger partial charge on any atom is 0.297 e. The SMILES string of the molecule is Cc1ccc(S(=O)(=O)OC[C@@H]2CNC[C@H](n3cnc4c(=O)[nH]c(C(Oc5ccccc5)C(N)=O)nc43)O2)cc1. The second kappa shape index (κ2) is 10.9. The van der Waals surface area contributed by atoms with Crippen molar-refractivity contribution in [3.63, 3.8) is 0 Å². The first kappa shape index (κ1) is 26.5. The number of nitrogens with two attached hydrogens (primary N) is 1. The third-order valence-corrected chi connectivity index (χ3v) is 7.32. The van der Waals surface area contributed by atoms with E-state index in [4.69, 9.17) is 19.4 Å². The average molecular weight is 555 g/mol. The van der Waals surface area contributed by atoms with Crippen LogP contribution < -0.4 is 21.3 Å². The Morgan fingerprint density at radius 1 is 1.18 bits per heavy atom. The van der Waals surface area contributed by atoms with E-state index < -0.39 is 40.0 Å². The van der Waals surface area contributed by atoms with Crippen molar-refractivity contribution in [1.29, 1.82) is 0 Å². The number of ether oxygens (including phenoxy) is 2. The zero-order chi connectivity index (χ0) is 27.6. The van der Waals surface area contributed by atoms with Gasteiger partial charge in [0, 0.05) is 13.1 Å². The average Bonchev–Trinajstić information content (AvgIpc) is 3.36. The first-order valence-electron chi connectivity index (χ1n) is 12.0. The summed E-state index contributed by atoms with van der Waals surface area (Å²) in [6.07, 6.45) is -1.33. The van der Waals surface area contributed by atoms with E-state index >= 15 is 0 Å². The quantitative estimate of drug-likeness (QED) is 0.252. The number of aromatic amines is 1. The molecule has 0 radical (unpaired) electrons. The Hall–Kier alpha value is -4.11. The smallest absolute Gasteiger partial charge is 0.297 e. The fraction of sp³-hybridized carbons (Fsp3) is 0.280. The molecule has 3 heterocycles. The molecule has 4 N–H and O–H groups in total. The Morgan fingerprint density at radius 2 is 1.92 bits per heavy atom. The molecular formula is C25H26N6O7S. The van der Waals surface area contributed by atoms with Crippen molar-refractivity contribution < 1.29 is 26.9 Å². The summed E-state index contributed by atoms with van der Waals surface area (Å²) < 4.78 is 43.7. The van der Waals surface area contributed by atoms with E-state index in [9.17, 15) is 18.0 Å². The molecule has 5 rings (SSSR count). The van der Waals surface area contributed by atoms with E-state index in [1.165, 1.54) is 23.0 Å². The summed E-state index contributed by atoms with van der Waals surface area (Å²) in [5.41, 5.74) is 6.04. The molecule has 2 aromatic carbocycles. The Morgan fingerprint density at radius 3 is 2.64 bits per heavy atom. The minimum atomic E-state index is -3.98. The number of para-hydroxylation sites is 1. The highest BCUT2D eigenvalue weighted by atomic mass is 32.2. The van der Waals surface area contributed by atoms with E-state index in [1.807, 2.05) is 6.92 Å². The third-order valence-electron chi connectivity index (χ3n) is 6.02. The van der Waals surface area contributed by atoms with Gasteiger partial charge in [0.15, 0.2) is 17.0 Å². The molecule has 14 heteroatoms. The zero-order valence-corrected chi connectivity index (χ0v) is 21.6. The number of hydrogen-bond acceptors (Lipinski definition) is 10. The van der Waals surface area contributed by atoms with Crippen LogP contribution in [0, 0.1) is 6.92 Å². The number of fused-ring (bicyclic) bond motifs is 1. The summed E-state index contributed by atoms with van der Waals surface area (Å²) >= 11 is 0. The topological polar surface area (TPSA) is 181 Å². The second-order valence-corrected chi connectivity index (χ2v) is 10.5. The lowest BCUT2D eigenvalue weighted by Gasteiger charge is -2.31. The number of nitrogens with zero attached hydrogens (tertiary/aromatic N) is 3. The molecule has 3 atom stereocenters. The lowest BCUT2D eigenvalue weighted by atomic mass is 10.2. The van der Waals surface area contributed by atoms with Crippen molar-refractivity contribution in [3.05, 3.63) is 82.7 Å². The number of imidazole rings is 1. The first-order valence-corrected chi connectivity index (χ1v) is 13.4. The molecule has 204 valence electrons. The normalized spacial score (nSPS) is 18.6. The van der Waals surface area contributed by atoms with Crippen molar-refractivity contribution in [2.75, 3.05) is 19.7 Å². The number of morpholine rings is 1. The largest absolute Gasteiger partial charge is 0.473 e. The van der Waals surface area contributed by atoms with E-state index in [2.05, 4.69) is 20.3 Å². The van der Waals surface area contributed by atoms with Crippen molar-refractivity contribution in [2.24, 2.45) is 5.73 Å². The standard InChI is InChI=1S/C25H26N6O7S/c1-15-7-9-18(10-8-15)39(34,35)36-13-17-11-27-12-19(37-17)31-14-28-20-24(31)29-23(30-25(20)33)21(22(26)32)38-16-5-3-2-4-6-16/h2-10,14,17,19,21,27H,11-13H2,1H3,(H2,26,32)(H,29,30,33)/t17-,19+,21?/m0/s1. The third kappa shape index (κ3) is 5.83. The van der Waals surface area contributed by atoms with Crippen LogP contribution in [0.3, 0.4) is 0 Å². The fourth-order valence-corrected chi connectivity index (χ4v) is 4.98. The monoisotopic (exact) mass is 554 g/mol. The van der Waals surface area contributed by atoms with Gasteiger partial charge in [0.2, 0.25) is 6.10 Å². The lowest BCUT2D eigenvalue weighted by molar-refractivity contribution is -0.125. The Labute approximate surface area is 223 Å². The highest BCUT2D eigenvalue weighted by Crippen LogP contribution is 2.23. The Balaban J connectivity index is 1.36. The molecule has 0 saturated carbocycles. The Kier molecular flexibility index (Phi) is 7.43. The summed E-state index contributed by atoms with van der Waals surface area (Å²) in [5, 5.41) is 3.16. The number of nitrogens with one attached hydrogen (secondary N) is 2. The van der Waals surface area contributed by atoms with Crippen molar-refractivity contribution in [2.45, 2.75) is 30.3 Å². The van der Waals surface area contributed by atoms with Crippen LogP contribution in [-0.2, 0) is 23.8 Å². The minimum absolute atomic E-state index is 0.0191. The number of amides is 1. The van der Waals surface area contributed by atoms with Crippen LogP contribution in [0.25, 0.3) is 11.2 Å². The highest BCUT2D eigenvalue weighted by Gasteiger charge is 2.29. The van der Waals surface area contributed by atoms with Crippen LogP contribution in [0.15, 0.2) is 70.6 Å². The number of carbonyl (C=O) groups excluding carboxylic acids is 1. The van der Waals surface area contributed by atoms with Crippen LogP contribution >= 0.6 is 0 Å². The van der Waals surface area contributed by atoms with Crippen LogP contribution in [0.4, 0.5) is 0 Å². The Bertz CT molecular complexity index is 1640. The van der Waals surface area contributed by atoms with E-state index in [-0.39, 0.29) is 28.5 Å². The number of aromatic nitrogens is 4. The summed E-state index contributed by atoms with van der Waals surface area (Å²) in [6.45, 7) is 2.27. The summed E-state index contributed by atoms with van der Waals surface area (Å²) in [6, 6.07) is 14.8. The van der Waals surface area contributed by atoms with E-state index in [0.717, 1.165) is 5.56 Å². The highest BCUT2D eigenvalue weighted by molar-refractivity contribution is 7.86. The molecule has 0 bridgehead atoms. The van der Waals surface area contributed by atoms with Gasteiger partial charge in [0.05, 0.1) is 23.9 Å². The van der Waals surface area contributed by atoms with Gasteiger partial charge in [-0.1, -0.05) is 35.9 Å². The molecule has 0 spiro atoms. The van der Waals surface area contributed by atoms with Crippen LogP contribution in [-0.4, -0.2) is 59.6 Å². The van der Waals surface area contributed by atoms with Gasteiger partial charge in [-0.05, 0) is 31.2 Å². The molecule has 0 aliphatic carbocycles. The van der Waals surface area contributed by atoms with Gasteiger partial charge in [-0.15, -0.1) is 0 Å². The minimum Gasteiger partial charge on any atom is -0.473 e. The van der Waals surface area contributed by atoms with Gasteiger partial charge in [0.1, 0.15) is 12.0 Å². The molecule has 1 aliphatic rings. The van der Waals surface area contributed by atoms with Crippen LogP contribution in [0.5, 0.6) is 5.75 Å². The predicted octanol–water partition coefficient (Wildman–Crippen LogP) is 0.926. The molecule has 1 fully saturated rings. The number of H-pyrrole nitrogens is 1. The molecule has 1 amide bonds. The van der Waals surface area contributed by atoms with Gasteiger partial charge in [-0.3, -0.25) is 18.3 Å². The fourth-order valence-electron chi connectivity index (χ4n) is 4.05. The second-order valence-electron chi connectivity index (χ2n) is 8.91. The van der Waals surface area contributed by atoms with E-state index in [0.29, 0.717) is 18.8 Å². The van der Waals surface area contributed by atoms with Crippen LogP contribution in [0.1, 0.15) is 23.7 Å². The van der Waals surface area contributed by atoms with Crippen molar-refractivity contribution in [3.8, 4) is 5.75 Å². The molecule has 13 nitrogen and oxygen atoms in total. The predicted molar refractivity (Wildman–Crippen MR) is 138 cm³/mol. The number of benzene rings is 2. The first-order chi connectivity index (χ1) is 18.7. The maximum absolute atomic E-state index is 12.8. The van der Waals surface area contributed by atoms with Crippen molar-refractivity contribution in [1.82, 2.24) is 24.8 Å². The summed E-state index contributed by atoms with van der Waals surface area (Å²) in [7, 11) is -3.98. The van der Waals surface area contributed by atoms with Gasteiger partial charge in [-0.2, -0.15) is 8.42 Å². The van der Waals surface area contributed by atoms with Gasteiger partial charge in [-0.25, -0.2) is 9.97 Å². The lowest BCUT2D eigenvalue weighted by Crippen LogP contribution is -2.44. The molecule has 4 aromatic rings. The number of rotatable bonds is 9. The van der Waals surface area contributed by atoms with E-state index in [1.54, 1.807) is 42.5 Å². The van der Waals surface area contributed by atoms with Gasteiger partial charge in [0.25, 0.3) is 21.6 Å². The summed E-state index contributed by atoms with van der Waals surface area (Å²) in [4.78, 5) is 36.1. The van der Waals surface area contributed by atoms with Gasteiger partial charge < -0.3 is 25.5 Å². The molecule has 2 aromatic heterocycles. The van der Waals surface area contributed by atoms with Crippen molar-refractivity contribution >= 4 is 27.2 Å². The molecular weight excluding hydrogens is 528 g/mol. The zero-order valence-electron chi connectivity index (χ0n) is 20.8.